The molecule has 4 atom stereocenters. The summed E-state index contributed by atoms with van der Waals surface area (Å²) in [6, 6.07) is 1.47. The third-order valence-electron chi connectivity index (χ3n) is 15.1. The van der Waals surface area contributed by atoms with Crippen molar-refractivity contribution in [2.45, 2.75) is 226 Å². The number of amides is 5. The van der Waals surface area contributed by atoms with Gasteiger partial charge in [0.2, 0.25) is 18.2 Å². The lowest BCUT2D eigenvalue weighted by molar-refractivity contribution is -0.172. The molecular weight excluding hydrogens is 1030 g/mol. The van der Waals surface area contributed by atoms with Gasteiger partial charge in [0.15, 0.2) is 5.60 Å². The highest BCUT2D eigenvalue weighted by Crippen LogP contribution is 2.46. The van der Waals surface area contributed by atoms with Crippen LogP contribution < -0.4 is 32.1 Å². The van der Waals surface area contributed by atoms with E-state index in [1.54, 1.807) is 19.9 Å². The molecule has 2 aliphatic heterocycles. The quantitative estimate of drug-likeness (QED) is 0.0123. The van der Waals surface area contributed by atoms with Crippen LogP contribution in [0, 0.1) is 12.7 Å². The molecule has 0 radical (unpaired) electrons. The topological polar surface area (TPSA) is 266 Å². The van der Waals surface area contributed by atoms with Gasteiger partial charge >= 0.3 is 12.1 Å². The molecule has 0 spiro atoms. The van der Waals surface area contributed by atoms with E-state index in [1.807, 2.05) is 41.5 Å². The number of halogens is 1. The minimum absolute atomic E-state index is 0.0301. The molecule has 0 bridgehead atoms. The van der Waals surface area contributed by atoms with Crippen molar-refractivity contribution in [1.29, 1.82) is 0 Å². The Balaban J connectivity index is 0.00000284. The molecule has 0 fully saturated rings. The summed E-state index contributed by atoms with van der Waals surface area (Å²) in [4.78, 5) is 95.7. The third-order valence-corrected chi connectivity index (χ3v) is 15.1. The van der Waals surface area contributed by atoms with E-state index in [1.165, 1.54) is 35.8 Å². The molecule has 20 heteroatoms. The number of aliphatic hydroxyl groups is 2. The van der Waals surface area contributed by atoms with Gasteiger partial charge in [-0.05, 0) is 147 Å². The molecule has 1 aliphatic carbocycles. The van der Waals surface area contributed by atoms with Crippen molar-refractivity contribution < 1.29 is 57.6 Å². The molecule has 5 amide bonds. The SMILES string of the molecule is CCCC.CCC[C@@](O)(CC/C=C/OC(=O)NC1CCc2c(C)c(F)cc3nc4c(c1c23)Cn1c-4cc2c(c1=O)COC(=O)[C@]2(O)CC)C(=O)NCCCCC(NC(=O)CCCCCNC=O)C(=O)NC(C)(C)CCOC(C)(C)C. The van der Waals surface area contributed by atoms with Crippen LogP contribution >= 0.6 is 0 Å². The van der Waals surface area contributed by atoms with Crippen LogP contribution in [0.5, 0.6) is 0 Å². The van der Waals surface area contributed by atoms with Crippen molar-refractivity contribution >= 4 is 47.1 Å². The monoisotopic (exact) mass is 1120 g/mol. The number of rotatable bonds is 28. The Hall–Kier alpha value is -6.25. The number of aryl methyl sites for hydroxylation is 1. The van der Waals surface area contributed by atoms with Gasteiger partial charge in [-0.25, -0.2) is 19.0 Å². The lowest BCUT2D eigenvalue weighted by Crippen LogP contribution is -2.53. The fourth-order valence-electron chi connectivity index (χ4n) is 10.4. The van der Waals surface area contributed by atoms with Crippen LogP contribution in [0.25, 0.3) is 22.3 Å². The van der Waals surface area contributed by atoms with Gasteiger partial charge in [-0.3, -0.25) is 24.0 Å². The Morgan fingerprint density at radius 3 is 2.35 bits per heavy atom. The Bertz CT molecular complexity index is 2790. The van der Waals surface area contributed by atoms with E-state index in [-0.39, 0.29) is 80.3 Å². The van der Waals surface area contributed by atoms with Crippen molar-refractivity contribution in [1.82, 2.24) is 36.1 Å². The first kappa shape index (κ1) is 64.6. The lowest BCUT2D eigenvalue weighted by atomic mass is 9.81. The number of carbonyl (C=O) groups excluding carboxylic acids is 6. The number of nitrogens with one attached hydrogen (secondary N) is 5. The van der Waals surface area contributed by atoms with Crippen LogP contribution in [0.15, 0.2) is 29.3 Å². The summed E-state index contributed by atoms with van der Waals surface area (Å²) in [5.74, 6) is -2.43. The van der Waals surface area contributed by atoms with E-state index in [4.69, 9.17) is 19.2 Å². The van der Waals surface area contributed by atoms with E-state index in [2.05, 4.69) is 40.4 Å². The van der Waals surface area contributed by atoms with Crippen LogP contribution in [0.3, 0.4) is 0 Å². The normalized spacial score (nSPS) is 17.4. The van der Waals surface area contributed by atoms with E-state index in [9.17, 15) is 43.8 Å². The summed E-state index contributed by atoms with van der Waals surface area (Å²) >= 11 is 0. The highest BCUT2D eigenvalue weighted by Gasteiger charge is 2.46. The maximum Gasteiger partial charge on any atom is 0.412 e. The summed E-state index contributed by atoms with van der Waals surface area (Å²) in [6.07, 6.45) is 11.0. The first-order valence-electron chi connectivity index (χ1n) is 28.8. The van der Waals surface area contributed by atoms with Crippen LogP contribution in [0.2, 0.25) is 0 Å². The molecule has 4 heterocycles. The Morgan fingerprint density at radius 2 is 1.68 bits per heavy atom. The van der Waals surface area contributed by atoms with Crippen molar-refractivity contribution in [2.75, 3.05) is 19.7 Å². The van der Waals surface area contributed by atoms with Crippen LogP contribution in [-0.4, -0.2) is 98.4 Å². The number of nitrogens with zero attached hydrogens (tertiary/aromatic N) is 2. The number of hydrogen-bond acceptors (Lipinski definition) is 13. The number of fused-ring (bicyclic) bond motifs is 5. The van der Waals surface area contributed by atoms with E-state index in [0.29, 0.717) is 110 Å². The van der Waals surface area contributed by atoms with E-state index < -0.39 is 58.2 Å². The Labute approximate surface area is 470 Å². The Kier molecular flexibility index (Phi) is 23.4. The molecule has 19 nitrogen and oxygen atoms in total. The van der Waals surface area contributed by atoms with Gasteiger partial charge in [-0.2, -0.15) is 0 Å². The van der Waals surface area contributed by atoms with Gasteiger partial charge in [-0.1, -0.05) is 53.4 Å². The standard InChI is InChI=1S/C56H78FN7O12.C4H10/c1-9-22-55(72,50(69)59-26-16-13-18-41(60-44(66)19-12-11-15-25-58-33-65)48(67)63-54(7,8)24-28-76-53(4,5)6)23-14-17-27-74-52(71)62-40-21-20-35-34(3)39(57)30-42-45(35)46(40)36-31-64-43(47(36)61-42)29-38-37(49(64)68)32-75-51(70)56(38,73)10-2;1-3-4-2/h17,27,29-30,33,40-41,72-73H,9-16,18-26,28,31-32H2,1-8H3,(H,58,65)(H,59,69)(H,60,66)(H,62,71)(H,63,67);3-4H2,1-2H3/b27-17+;/t40?,41?,55-,56+;/m1./s1. The van der Waals surface area contributed by atoms with Crippen LogP contribution in [0.1, 0.15) is 204 Å². The third kappa shape index (κ3) is 16.5. The molecule has 2 aromatic heterocycles. The summed E-state index contributed by atoms with van der Waals surface area (Å²) in [6.45, 7) is 20.1. The lowest BCUT2D eigenvalue weighted by Gasteiger charge is -2.31. The fraction of sp³-hybridized carbons (Fsp3) is 0.633. The first-order valence-corrected chi connectivity index (χ1v) is 28.8. The average Bonchev–Trinajstić information content (AvgIpc) is 3.80. The van der Waals surface area contributed by atoms with Gasteiger partial charge in [0.05, 0.1) is 46.9 Å². The summed E-state index contributed by atoms with van der Waals surface area (Å²) in [5.41, 5.74) is -1.29. The number of alkyl carbamates (subject to hydrolysis) is 1. The van der Waals surface area contributed by atoms with Crippen molar-refractivity contribution in [3.8, 4) is 11.4 Å². The smallest absolute Gasteiger partial charge is 0.412 e. The number of carbonyl (C=O) groups is 6. The summed E-state index contributed by atoms with van der Waals surface area (Å²) in [5, 5.41) is 38.0. The molecule has 6 rings (SSSR count). The van der Waals surface area contributed by atoms with Gasteiger partial charge in [0, 0.05) is 54.2 Å². The number of hydrogen-bond donors (Lipinski definition) is 7. The maximum atomic E-state index is 15.4. The molecule has 7 N–H and O–H groups in total. The average molecular weight is 1120 g/mol. The fourth-order valence-corrected chi connectivity index (χ4v) is 10.4. The minimum atomic E-state index is -2.04. The minimum Gasteiger partial charge on any atom is -0.458 e. The van der Waals surface area contributed by atoms with Crippen LogP contribution in [0.4, 0.5) is 9.18 Å². The van der Waals surface area contributed by atoms with Gasteiger partial charge in [0.1, 0.15) is 24.1 Å². The number of ether oxygens (including phenoxy) is 3. The second-order valence-corrected chi connectivity index (χ2v) is 23.0. The number of allylic oxidation sites excluding steroid dienone is 1. The highest BCUT2D eigenvalue weighted by atomic mass is 19.1. The second kappa shape index (κ2) is 28.9. The zero-order valence-corrected chi connectivity index (χ0v) is 48.8. The number of cyclic esters (lactones) is 1. The Morgan fingerprint density at radius 1 is 0.950 bits per heavy atom. The molecule has 3 aromatic rings. The van der Waals surface area contributed by atoms with Gasteiger partial charge in [-0.15, -0.1) is 0 Å². The number of benzene rings is 1. The van der Waals surface area contributed by atoms with Gasteiger partial charge in [0.25, 0.3) is 11.5 Å². The molecular formula is C60H88FN7O12. The molecule has 80 heavy (non-hydrogen) atoms. The zero-order chi connectivity index (χ0) is 59.0. The van der Waals surface area contributed by atoms with E-state index >= 15 is 4.39 Å². The number of esters is 1. The molecule has 2 unspecified atom stereocenters. The molecule has 442 valence electrons. The number of unbranched alkanes of at least 4 members (excludes halogenated alkanes) is 4. The van der Waals surface area contributed by atoms with Crippen molar-refractivity contribution in [2.24, 2.45) is 0 Å². The summed E-state index contributed by atoms with van der Waals surface area (Å²) < 4.78 is 33.5. The molecule has 0 saturated heterocycles. The highest BCUT2D eigenvalue weighted by molar-refractivity contribution is 5.94. The maximum absolute atomic E-state index is 15.4. The predicted molar refractivity (Wildman–Crippen MR) is 303 cm³/mol. The zero-order valence-electron chi connectivity index (χ0n) is 48.8. The summed E-state index contributed by atoms with van der Waals surface area (Å²) in [7, 11) is 0. The number of pyridine rings is 2. The van der Waals surface area contributed by atoms with Crippen LogP contribution in [-0.2, 0) is 63.4 Å². The van der Waals surface area contributed by atoms with E-state index in [0.717, 1.165) is 18.4 Å². The number of aromatic nitrogens is 2. The second-order valence-electron chi connectivity index (χ2n) is 23.0. The largest absolute Gasteiger partial charge is 0.458 e. The van der Waals surface area contributed by atoms with Gasteiger partial charge < -0.3 is 55.6 Å². The van der Waals surface area contributed by atoms with Crippen molar-refractivity contribution in [3.63, 3.8) is 0 Å². The van der Waals surface area contributed by atoms with Crippen molar-refractivity contribution in [3.05, 3.63) is 74.0 Å². The molecule has 0 saturated carbocycles. The molecule has 3 aliphatic rings. The first-order chi connectivity index (χ1) is 37.9. The predicted octanol–water partition coefficient (Wildman–Crippen LogP) is 8.05. The molecule has 1 aromatic carbocycles.